The fourth-order valence-corrected chi connectivity index (χ4v) is 2.90. The molecule has 5 nitrogen and oxygen atoms in total. The molecule has 0 aliphatic heterocycles. The second kappa shape index (κ2) is 7.24. The van der Waals surface area contributed by atoms with E-state index in [1.165, 1.54) is 0 Å². The third-order valence-corrected chi connectivity index (χ3v) is 4.40. The van der Waals surface area contributed by atoms with Gasteiger partial charge in [-0.3, -0.25) is 4.68 Å². The maximum absolute atomic E-state index is 12.3. The zero-order valence-electron chi connectivity index (χ0n) is 15.0. The van der Waals surface area contributed by atoms with Gasteiger partial charge in [0.15, 0.2) is 0 Å². The zero-order valence-corrected chi connectivity index (χ0v) is 15.0. The van der Waals surface area contributed by atoms with Crippen molar-refractivity contribution in [2.45, 2.75) is 20.5 Å². The smallest absolute Gasteiger partial charge is 0.342 e. The summed E-state index contributed by atoms with van der Waals surface area (Å²) in [5.74, 6) is -0.369. The normalized spacial score (nSPS) is 10.4. The Morgan fingerprint density at radius 2 is 1.85 bits per heavy atom. The van der Waals surface area contributed by atoms with Crippen LogP contribution in [0, 0.1) is 25.2 Å². The van der Waals surface area contributed by atoms with Crippen LogP contribution in [0.25, 0.3) is 11.1 Å². The number of aryl methyl sites for hydroxylation is 2. The molecule has 0 aliphatic rings. The van der Waals surface area contributed by atoms with Crippen LogP contribution < -0.4 is 0 Å². The molecule has 0 bridgehead atoms. The van der Waals surface area contributed by atoms with E-state index in [2.05, 4.69) is 11.2 Å². The van der Waals surface area contributed by atoms with Crippen molar-refractivity contribution in [2.24, 2.45) is 7.05 Å². The van der Waals surface area contributed by atoms with Gasteiger partial charge in [-0.25, -0.2) is 4.79 Å². The molecular weight excluding hydrogens is 326 g/mol. The van der Waals surface area contributed by atoms with Gasteiger partial charge in [0.1, 0.15) is 12.2 Å². The largest absolute Gasteiger partial charge is 0.457 e. The number of hydrogen-bond acceptors (Lipinski definition) is 4. The SMILES string of the molecule is Cc1nn(C)c(C)c1C(=O)OCc1ccc(-c2ccccc2C#N)cc1. The van der Waals surface area contributed by atoms with Crippen molar-refractivity contribution in [3.05, 3.63) is 76.6 Å². The van der Waals surface area contributed by atoms with Crippen LogP contribution in [0.1, 0.15) is 32.9 Å². The van der Waals surface area contributed by atoms with Crippen molar-refractivity contribution in [1.82, 2.24) is 9.78 Å². The molecule has 26 heavy (non-hydrogen) atoms. The number of carbonyl (C=O) groups excluding carboxylic acids is 1. The topological polar surface area (TPSA) is 67.9 Å². The molecule has 130 valence electrons. The first-order valence-electron chi connectivity index (χ1n) is 8.27. The average Bonchev–Trinajstić information content (AvgIpc) is 2.92. The summed E-state index contributed by atoms with van der Waals surface area (Å²) in [6.45, 7) is 3.83. The number of ether oxygens (including phenoxy) is 1. The minimum atomic E-state index is -0.369. The molecule has 0 atom stereocenters. The highest BCUT2D eigenvalue weighted by molar-refractivity contribution is 5.91. The van der Waals surface area contributed by atoms with E-state index in [1.54, 1.807) is 24.7 Å². The standard InChI is InChI=1S/C21H19N3O2/c1-14-20(15(2)24(3)23-14)21(25)26-13-16-8-10-17(11-9-16)19-7-5-4-6-18(19)12-22/h4-11H,13H2,1-3H3. The zero-order chi connectivity index (χ0) is 18.7. The lowest BCUT2D eigenvalue weighted by Crippen LogP contribution is -2.08. The first-order valence-corrected chi connectivity index (χ1v) is 8.27. The van der Waals surface area contributed by atoms with Crippen molar-refractivity contribution in [3.8, 4) is 17.2 Å². The van der Waals surface area contributed by atoms with E-state index in [0.29, 0.717) is 16.8 Å². The maximum atomic E-state index is 12.3. The van der Waals surface area contributed by atoms with E-state index >= 15 is 0 Å². The minimum Gasteiger partial charge on any atom is -0.457 e. The number of nitriles is 1. The number of benzene rings is 2. The Labute approximate surface area is 152 Å². The van der Waals surface area contributed by atoms with Crippen molar-refractivity contribution in [1.29, 1.82) is 5.26 Å². The molecule has 0 N–H and O–H groups in total. The van der Waals surface area contributed by atoms with Crippen LogP contribution in [0.4, 0.5) is 0 Å². The van der Waals surface area contributed by atoms with E-state index in [-0.39, 0.29) is 12.6 Å². The molecule has 3 rings (SSSR count). The molecule has 0 saturated carbocycles. The highest BCUT2D eigenvalue weighted by atomic mass is 16.5. The molecule has 0 fully saturated rings. The summed E-state index contributed by atoms with van der Waals surface area (Å²) in [6.07, 6.45) is 0. The van der Waals surface area contributed by atoms with E-state index in [9.17, 15) is 10.1 Å². The van der Waals surface area contributed by atoms with E-state index < -0.39 is 0 Å². The minimum absolute atomic E-state index is 0.187. The van der Waals surface area contributed by atoms with Crippen LogP contribution >= 0.6 is 0 Å². The predicted octanol–water partition coefficient (Wildman–Crippen LogP) is 3.93. The molecule has 0 unspecified atom stereocenters. The Balaban J connectivity index is 1.72. The molecule has 0 aliphatic carbocycles. The number of aromatic nitrogens is 2. The highest BCUT2D eigenvalue weighted by Gasteiger charge is 2.18. The molecule has 1 heterocycles. The van der Waals surface area contributed by atoms with Gasteiger partial charge in [-0.1, -0.05) is 42.5 Å². The van der Waals surface area contributed by atoms with Gasteiger partial charge in [0.25, 0.3) is 0 Å². The van der Waals surface area contributed by atoms with Crippen LogP contribution in [0.5, 0.6) is 0 Å². The van der Waals surface area contributed by atoms with Gasteiger partial charge < -0.3 is 4.74 Å². The van der Waals surface area contributed by atoms with Crippen molar-refractivity contribution >= 4 is 5.97 Å². The van der Waals surface area contributed by atoms with Crippen molar-refractivity contribution in [2.75, 3.05) is 0 Å². The van der Waals surface area contributed by atoms with Crippen molar-refractivity contribution in [3.63, 3.8) is 0 Å². The first-order chi connectivity index (χ1) is 12.5. The lowest BCUT2D eigenvalue weighted by molar-refractivity contribution is 0.0471. The van der Waals surface area contributed by atoms with E-state index in [4.69, 9.17) is 4.74 Å². The Morgan fingerprint density at radius 3 is 2.46 bits per heavy atom. The summed E-state index contributed by atoms with van der Waals surface area (Å²) in [7, 11) is 1.80. The molecule has 1 aromatic heterocycles. The third kappa shape index (κ3) is 3.35. The van der Waals surface area contributed by atoms with Gasteiger partial charge in [0.05, 0.1) is 17.3 Å². The molecule has 0 amide bonds. The number of hydrogen-bond donors (Lipinski definition) is 0. The summed E-state index contributed by atoms with van der Waals surface area (Å²) < 4.78 is 7.11. The quantitative estimate of drug-likeness (QED) is 0.672. The lowest BCUT2D eigenvalue weighted by atomic mass is 9.99. The first kappa shape index (κ1) is 17.4. The Bertz CT molecular complexity index is 995. The monoisotopic (exact) mass is 345 g/mol. The molecule has 0 radical (unpaired) electrons. The van der Waals surface area contributed by atoms with Gasteiger partial charge in [0, 0.05) is 12.7 Å². The highest BCUT2D eigenvalue weighted by Crippen LogP contribution is 2.24. The molecule has 0 spiro atoms. The molecule has 2 aromatic carbocycles. The molecule has 3 aromatic rings. The summed E-state index contributed by atoms with van der Waals surface area (Å²) in [5.41, 5.74) is 5.34. The average molecular weight is 345 g/mol. The summed E-state index contributed by atoms with van der Waals surface area (Å²) in [5, 5.41) is 13.5. The van der Waals surface area contributed by atoms with Crippen LogP contribution in [-0.4, -0.2) is 15.7 Å². The summed E-state index contributed by atoms with van der Waals surface area (Å²) in [6, 6.07) is 17.3. The predicted molar refractivity (Wildman–Crippen MR) is 98.4 cm³/mol. The second-order valence-corrected chi connectivity index (χ2v) is 6.10. The summed E-state index contributed by atoms with van der Waals surface area (Å²) in [4.78, 5) is 12.3. The molecule has 5 heteroatoms. The Morgan fingerprint density at radius 1 is 1.15 bits per heavy atom. The fraction of sp³-hybridized carbons (Fsp3) is 0.190. The van der Waals surface area contributed by atoms with Gasteiger partial charge >= 0.3 is 5.97 Å². The van der Waals surface area contributed by atoms with Crippen LogP contribution in [0.15, 0.2) is 48.5 Å². The van der Waals surface area contributed by atoms with Gasteiger partial charge in [-0.05, 0) is 36.6 Å². The number of rotatable bonds is 4. The fourth-order valence-electron chi connectivity index (χ4n) is 2.90. The van der Waals surface area contributed by atoms with Gasteiger partial charge in [0.2, 0.25) is 0 Å². The lowest BCUT2D eigenvalue weighted by Gasteiger charge is -2.08. The number of esters is 1. The van der Waals surface area contributed by atoms with Crippen LogP contribution in [0.2, 0.25) is 0 Å². The Kier molecular flexibility index (Phi) is 4.85. The van der Waals surface area contributed by atoms with E-state index in [1.807, 2.05) is 49.4 Å². The number of nitrogens with zero attached hydrogens (tertiary/aromatic N) is 3. The molecule has 0 saturated heterocycles. The third-order valence-electron chi connectivity index (χ3n) is 4.40. The summed E-state index contributed by atoms with van der Waals surface area (Å²) >= 11 is 0. The van der Waals surface area contributed by atoms with Crippen molar-refractivity contribution < 1.29 is 9.53 Å². The van der Waals surface area contributed by atoms with Gasteiger partial charge in [-0.2, -0.15) is 10.4 Å². The van der Waals surface area contributed by atoms with E-state index in [0.717, 1.165) is 22.4 Å². The van der Waals surface area contributed by atoms with Gasteiger partial charge in [-0.15, -0.1) is 0 Å². The Hall–Kier alpha value is -3.39. The van der Waals surface area contributed by atoms with Crippen LogP contribution in [0.3, 0.4) is 0 Å². The second-order valence-electron chi connectivity index (χ2n) is 6.10. The number of carbonyl (C=O) groups is 1. The maximum Gasteiger partial charge on any atom is 0.342 e. The molecular formula is C21H19N3O2. The van der Waals surface area contributed by atoms with Crippen LogP contribution in [-0.2, 0) is 18.4 Å².